The summed E-state index contributed by atoms with van der Waals surface area (Å²) in [5.74, 6) is 0.000591. The number of rotatable bonds is 7. The van der Waals surface area contributed by atoms with Crippen LogP contribution in [0.4, 0.5) is 0 Å². The number of halogens is 3. The highest BCUT2D eigenvalue weighted by Crippen LogP contribution is 2.28. The number of carbonyl (C=O) groups is 2. The van der Waals surface area contributed by atoms with Gasteiger partial charge in [-0.3, -0.25) is 9.59 Å². The molecule has 0 aromatic rings. The molecule has 0 fully saturated rings. The summed E-state index contributed by atoms with van der Waals surface area (Å²) in [6.45, 7) is 1.42. The van der Waals surface area contributed by atoms with Crippen LogP contribution >= 0.6 is 34.8 Å². The second-order valence-corrected chi connectivity index (χ2v) is 5.88. The minimum atomic E-state index is -2.01. The normalized spacial score (nSPS) is 13.2. The summed E-state index contributed by atoms with van der Waals surface area (Å²) in [5, 5.41) is 0. The van der Waals surface area contributed by atoms with E-state index in [2.05, 4.69) is 0 Å². The van der Waals surface area contributed by atoms with Crippen molar-refractivity contribution in [1.29, 1.82) is 0 Å². The molecule has 0 saturated heterocycles. The maximum absolute atomic E-state index is 11.5. The molecule has 0 spiro atoms. The van der Waals surface area contributed by atoms with Crippen LogP contribution in [0.3, 0.4) is 0 Å². The van der Waals surface area contributed by atoms with E-state index < -0.39 is 9.58 Å². The monoisotopic (exact) mass is 328 g/mol. The number of ketones is 2. The maximum Gasteiger partial charge on any atom is 0.252 e. The smallest absolute Gasteiger partial charge is 0.252 e. The van der Waals surface area contributed by atoms with Crippen molar-refractivity contribution in [3.05, 3.63) is 23.7 Å². The highest BCUT2D eigenvalue weighted by molar-refractivity contribution is 6.77. The molecule has 0 saturated carbocycles. The molecule has 108 valence electrons. The van der Waals surface area contributed by atoms with Crippen molar-refractivity contribution >= 4 is 46.4 Å². The Bertz CT molecular complexity index is 394. The molecule has 0 amide bonds. The fraction of sp³-hybridized carbons (Fsp3) is 0.500. The van der Waals surface area contributed by atoms with Crippen molar-refractivity contribution in [1.82, 2.24) is 0 Å². The third-order valence-corrected chi connectivity index (χ3v) is 2.64. The average Bonchev–Trinajstić information content (AvgIpc) is 2.30. The van der Waals surface area contributed by atoms with Gasteiger partial charge < -0.3 is 9.47 Å². The molecular weight excluding hydrogens is 314 g/mol. The van der Waals surface area contributed by atoms with Crippen molar-refractivity contribution in [3.63, 3.8) is 0 Å². The largest absolute Gasteiger partial charge is 0.501 e. The van der Waals surface area contributed by atoms with E-state index in [1.807, 2.05) is 0 Å². The first-order valence-electron chi connectivity index (χ1n) is 5.31. The minimum Gasteiger partial charge on any atom is -0.501 e. The first-order valence-corrected chi connectivity index (χ1v) is 6.45. The summed E-state index contributed by atoms with van der Waals surface area (Å²) < 4.78 is 8.02. The van der Waals surface area contributed by atoms with Crippen LogP contribution in [0.2, 0.25) is 0 Å². The van der Waals surface area contributed by atoms with Crippen molar-refractivity contribution in [2.75, 3.05) is 14.2 Å². The van der Waals surface area contributed by atoms with Gasteiger partial charge in [0.1, 0.15) is 0 Å². The molecule has 0 aliphatic rings. The summed E-state index contributed by atoms with van der Waals surface area (Å²) in [6.07, 6.45) is 3.22. The molecule has 0 atom stereocenters. The lowest BCUT2D eigenvalue weighted by Gasteiger charge is -2.10. The van der Waals surface area contributed by atoms with Gasteiger partial charge >= 0.3 is 0 Å². The zero-order valence-electron chi connectivity index (χ0n) is 10.8. The van der Waals surface area contributed by atoms with Crippen LogP contribution in [0.15, 0.2) is 23.7 Å². The Kier molecular flexibility index (Phi) is 8.14. The maximum atomic E-state index is 11.5. The van der Waals surface area contributed by atoms with E-state index in [1.54, 1.807) is 0 Å². The third kappa shape index (κ3) is 8.14. The second kappa shape index (κ2) is 8.46. The van der Waals surface area contributed by atoms with E-state index in [1.165, 1.54) is 27.2 Å². The fourth-order valence-corrected chi connectivity index (χ4v) is 1.33. The number of methoxy groups -OCH3 is 2. The fourth-order valence-electron chi connectivity index (χ4n) is 1.17. The highest BCUT2D eigenvalue weighted by Gasteiger charge is 2.29. The molecule has 0 N–H and O–H groups in total. The van der Waals surface area contributed by atoms with Gasteiger partial charge in [0.2, 0.25) is 5.78 Å². The Morgan fingerprint density at radius 2 is 1.42 bits per heavy atom. The average molecular weight is 330 g/mol. The molecule has 0 bridgehead atoms. The third-order valence-electron chi connectivity index (χ3n) is 2.08. The minimum absolute atomic E-state index is 0.128. The quantitative estimate of drug-likeness (QED) is 0.408. The molecule has 19 heavy (non-hydrogen) atoms. The molecule has 0 aliphatic heterocycles. The van der Waals surface area contributed by atoms with Crippen LogP contribution in [-0.4, -0.2) is 29.6 Å². The van der Waals surface area contributed by atoms with E-state index in [9.17, 15) is 9.59 Å². The molecule has 0 rings (SSSR count). The number of allylic oxidation sites excluding steroid dienone is 4. The van der Waals surface area contributed by atoms with Crippen LogP contribution < -0.4 is 0 Å². The molecule has 0 aromatic heterocycles. The van der Waals surface area contributed by atoms with Crippen molar-refractivity contribution in [2.45, 2.75) is 23.6 Å². The van der Waals surface area contributed by atoms with Crippen molar-refractivity contribution < 1.29 is 19.1 Å². The second-order valence-electron chi connectivity index (χ2n) is 3.60. The van der Waals surface area contributed by atoms with Gasteiger partial charge in [0, 0.05) is 25.0 Å². The molecule has 0 radical (unpaired) electrons. The number of hydrogen-bond donors (Lipinski definition) is 0. The van der Waals surface area contributed by atoms with Gasteiger partial charge in [0.05, 0.1) is 25.7 Å². The van der Waals surface area contributed by atoms with Gasteiger partial charge in [-0.15, -0.1) is 0 Å². The summed E-state index contributed by atoms with van der Waals surface area (Å²) in [5.41, 5.74) is 0. The van der Waals surface area contributed by atoms with E-state index in [4.69, 9.17) is 44.3 Å². The molecule has 7 heteroatoms. The van der Waals surface area contributed by atoms with Gasteiger partial charge in [0.15, 0.2) is 5.78 Å². The van der Waals surface area contributed by atoms with Gasteiger partial charge in [-0.05, 0) is 6.92 Å². The molecule has 0 unspecified atom stereocenters. The zero-order chi connectivity index (χ0) is 15.1. The predicted octanol–water partition coefficient (Wildman–Crippen LogP) is 3.36. The van der Waals surface area contributed by atoms with E-state index in [0.717, 1.165) is 6.08 Å². The van der Waals surface area contributed by atoms with Gasteiger partial charge in [-0.2, -0.15) is 0 Å². The van der Waals surface area contributed by atoms with E-state index in [0.29, 0.717) is 24.4 Å². The van der Waals surface area contributed by atoms with Gasteiger partial charge in [0.25, 0.3) is 3.79 Å². The lowest BCUT2D eigenvalue weighted by atomic mass is 10.2. The first kappa shape index (κ1) is 18.3. The Balaban J connectivity index is 4.71. The number of ether oxygens (including phenoxy) is 2. The van der Waals surface area contributed by atoms with E-state index >= 15 is 0 Å². The van der Waals surface area contributed by atoms with Crippen LogP contribution in [-0.2, 0) is 19.1 Å². The number of carbonyl (C=O) groups excluding carboxylic acids is 2. The topological polar surface area (TPSA) is 52.6 Å². The summed E-state index contributed by atoms with van der Waals surface area (Å²) in [4.78, 5) is 22.4. The molecule has 0 heterocycles. The first-order chi connectivity index (χ1) is 8.70. The van der Waals surface area contributed by atoms with E-state index in [-0.39, 0.29) is 5.78 Å². The zero-order valence-corrected chi connectivity index (χ0v) is 13.1. The SMILES string of the molecule is CO/C(=C\C(C)=O)CC/C(=C/C(=O)C(Cl)(Cl)Cl)OC. The Morgan fingerprint density at radius 3 is 1.74 bits per heavy atom. The molecule has 4 nitrogen and oxygen atoms in total. The summed E-state index contributed by atoms with van der Waals surface area (Å²) >= 11 is 16.3. The van der Waals surface area contributed by atoms with Crippen LogP contribution in [0, 0.1) is 0 Å². The summed E-state index contributed by atoms with van der Waals surface area (Å²) in [7, 11) is 2.86. The molecular formula is C12H15Cl3O4. The van der Waals surface area contributed by atoms with Gasteiger partial charge in [-0.25, -0.2) is 0 Å². The van der Waals surface area contributed by atoms with Crippen molar-refractivity contribution in [2.24, 2.45) is 0 Å². The summed E-state index contributed by atoms with van der Waals surface area (Å²) in [6, 6.07) is 0. The number of alkyl halides is 3. The Hall–Kier alpha value is -0.710. The lowest BCUT2D eigenvalue weighted by molar-refractivity contribution is -0.114. The lowest BCUT2D eigenvalue weighted by Crippen LogP contribution is -2.16. The van der Waals surface area contributed by atoms with Crippen molar-refractivity contribution in [3.8, 4) is 0 Å². The molecule has 0 aromatic carbocycles. The van der Waals surface area contributed by atoms with Crippen LogP contribution in [0.5, 0.6) is 0 Å². The standard InChI is InChI=1S/C12H15Cl3O4/c1-8(16)6-9(18-2)4-5-10(19-3)7-11(17)12(13,14)15/h6-7H,4-5H2,1-3H3/b9-6-,10-7-. The highest BCUT2D eigenvalue weighted by atomic mass is 35.6. The number of hydrogen-bond acceptors (Lipinski definition) is 4. The van der Waals surface area contributed by atoms with Crippen LogP contribution in [0.1, 0.15) is 19.8 Å². The Labute approximate surface area is 127 Å². The van der Waals surface area contributed by atoms with Gasteiger partial charge in [-0.1, -0.05) is 34.8 Å². The van der Waals surface area contributed by atoms with Crippen LogP contribution in [0.25, 0.3) is 0 Å². The Morgan fingerprint density at radius 1 is 1.00 bits per heavy atom. The predicted molar refractivity (Wildman–Crippen MR) is 75.4 cm³/mol. The molecule has 0 aliphatic carbocycles.